The van der Waals surface area contributed by atoms with Crippen molar-refractivity contribution in [2.45, 2.75) is 12.8 Å². The summed E-state index contributed by atoms with van der Waals surface area (Å²) in [4.78, 5) is 0. The molecule has 0 saturated carbocycles. The number of benzene rings is 9. The monoisotopic (exact) mass is 1110 g/mol. The van der Waals surface area contributed by atoms with E-state index in [4.69, 9.17) is 14.0 Å². The Kier molecular flexibility index (Phi) is 11.9. The van der Waals surface area contributed by atoms with Crippen LogP contribution in [0.4, 0.5) is 96.6 Å². The van der Waals surface area contributed by atoms with Gasteiger partial charge in [-0.25, -0.2) is 87.8 Å². The molecule has 0 bridgehead atoms. The molecule has 26 heteroatoms. The molecule has 0 unspecified atom stereocenters. The van der Waals surface area contributed by atoms with E-state index >= 15 is 52.7 Å². The molecule has 2 aliphatic carbocycles. The van der Waals surface area contributed by atoms with Crippen LogP contribution in [-0.4, -0.2) is 7.32 Å². The maximum absolute atomic E-state index is 16.3. The fourth-order valence-electron chi connectivity index (χ4n) is 9.66. The summed E-state index contributed by atoms with van der Waals surface area (Å²) >= 11 is 0. The predicted octanol–water partition coefficient (Wildman–Crippen LogP) is 16.1. The van der Waals surface area contributed by atoms with Gasteiger partial charge >= 0.3 is 7.32 Å². The van der Waals surface area contributed by atoms with Gasteiger partial charge in [-0.15, -0.1) is 0 Å². The first-order valence-corrected chi connectivity index (χ1v) is 21.6. The van der Waals surface area contributed by atoms with E-state index in [1.165, 1.54) is 0 Å². The lowest BCUT2D eigenvalue weighted by molar-refractivity contribution is 0.283. The number of halogens is 22. The number of hydrogen-bond donors (Lipinski definition) is 0. The highest BCUT2D eigenvalue weighted by atomic mass is 19.2. The smallest absolute Gasteiger partial charge is 0.489 e. The van der Waals surface area contributed by atoms with Crippen LogP contribution in [0.2, 0.25) is 0 Å². The van der Waals surface area contributed by atoms with Crippen molar-refractivity contribution in [2.75, 3.05) is 0 Å². The fraction of sp³-hybridized carbons (Fsp3) is 0.0385. The van der Waals surface area contributed by atoms with Crippen LogP contribution in [0.15, 0.2) is 54.6 Å². The Labute approximate surface area is 418 Å². The van der Waals surface area contributed by atoms with Crippen molar-refractivity contribution < 1.29 is 111 Å². The lowest BCUT2D eigenvalue weighted by atomic mass is 9.92. The predicted molar refractivity (Wildman–Crippen MR) is 228 cm³/mol. The third kappa shape index (κ3) is 7.26. The van der Waals surface area contributed by atoms with Gasteiger partial charge in [0, 0.05) is 74.5 Å². The van der Waals surface area contributed by atoms with Crippen molar-refractivity contribution in [3.63, 3.8) is 0 Å². The van der Waals surface area contributed by atoms with Gasteiger partial charge in [0.1, 0.15) is 17.2 Å². The third-order valence-corrected chi connectivity index (χ3v) is 13.0. The molecule has 9 aromatic rings. The molecule has 0 aliphatic heterocycles. The highest BCUT2D eigenvalue weighted by Crippen LogP contribution is 2.53. The Hall–Kier alpha value is -8.58. The maximum atomic E-state index is 16.3. The zero-order valence-electron chi connectivity index (χ0n) is 37.2. The first-order chi connectivity index (χ1) is 36.8. The Morgan fingerprint density at radius 3 is 1.04 bits per heavy atom. The molecule has 0 atom stereocenters. The van der Waals surface area contributed by atoms with E-state index in [0.29, 0.717) is 36.4 Å². The first kappa shape index (κ1) is 51.5. The van der Waals surface area contributed by atoms with Crippen LogP contribution in [0.3, 0.4) is 0 Å². The number of hydrogen-bond acceptors (Lipinski definition) is 3. The Morgan fingerprint density at radius 2 is 0.641 bits per heavy atom. The summed E-state index contributed by atoms with van der Waals surface area (Å²) in [6.07, 6.45) is -2.43. The van der Waals surface area contributed by atoms with Crippen molar-refractivity contribution in [3.8, 4) is 61.8 Å². The molecule has 0 amide bonds. The highest BCUT2D eigenvalue weighted by molar-refractivity contribution is 6.39. The minimum Gasteiger partial charge on any atom is -0.489 e. The lowest BCUT2D eigenvalue weighted by Crippen LogP contribution is -2.38. The maximum Gasteiger partial charge on any atom is 0.864 e. The van der Waals surface area contributed by atoms with Gasteiger partial charge in [-0.1, -0.05) is 12.1 Å². The molecular formula is C52H13BF22O3. The molecule has 396 valence electrons. The normalized spacial score (nSPS) is 12.4. The molecule has 0 saturated heterocycles. The molecule has 3 nitrogen and oxygen atoms in total. The molecule has 78 heavy (non-hydrogen) atoms. The van der Waals surface area contributed by atoms with E-state index in [1.807, 2.05) is 0 Å². The zero-order valence-corrected chi connectivity index (χ0v) is 37.2. The summed E-state index contributed by atoms with van der Waals surface area (Å²) in [6.45, 7) is 0. The van der Waals surface area contributed by atoms with Crippen LogP contribution < -0.4 is 14.0 Å². The second-order valence-electron chi connectivity index (χ2n) is 17.2. The zero-order chi connectivity index (χ0) is 56.1. The Balaban J connectivity index is 1.05. The van der Waals surface area contributed by atoms with E-state index in [2.05, 4.69) is 0 Å². The van der Waals surface area contributed by atoms with E-state index < -0.39 is 254 Å². The molecule has 11 rings (SSSR count). The second kappa shape index (κ2) is 18.0. The van der Waals surface area contributed by atoms with Crippen LogP contribution in [0.1, 0.15) is 22.3 Å². The van der Waals surface area contributed by atoms with Crippen LogP contribution >= 0.6 is 0 Å². The third-order valence-electron chi connectivity index (χ3n) is 13.0. The van der Waals surface area contributed by atoms with E-state index in [-0.39, 0.29) is 18.2 Å². The highest BCUT2D eigenvalue weighted by Gasteiger charge is 2.44. The topological polar surface area (TPSA) is 27.7 Å². The molecule has 0 fully saturated rings. The summed E-state index contributed by atoms with van der Waals surface area (Å²) in [5.41, 5.74) is -15.1. The summed E-state index contributed by atoms with van der Waals surface area (Å²) in [6, 6.07) is 3.28. The van der Waals surface area contributed by atoms with Gasteiger partial charge in [0.05, 0.1) is 10.8 Å². The van der Waals surface area contributed by atoms with Crippen LogP contribution in [0.25, 0.3) is 66.1 Å². The SMILES string of the molecule is Fc1ccc(OB(Oc2c(F)c(F)c(F)c3c2Cc2cc(-c4c(F)c(F)c(F)c5c(F)c(F)ccc45)c(F)c(F)c2-3)Oc2c(F)c(F)c(F)c3c2Cc2cc(-c4c(F)c(F)c(F)c5c(F)c(F)ccc45)c(F)c(F)c2-3)cc1F. The summed E-state index contributed by atoms with van der Waals surface area (Å²) < 4.78 is 354. The van der Waals surface area contributed by atoms with Crippen LogP contribution in [-0.2, 0) is 12.8 Å². The second-order valence-corrected chi connectivity index (χ2v) is 17.2. The Morgan fingerprint density at radius 1 is 0.282 bits per heavy atom. The molecule has 2 aliphatic rings. The van der Waals surface area contributed by atoms with Gasteiger partial charge in [0.15, 0.2) is 116 Å². The summed E-state index contributed by atoms with van der Waals surface area (Å²) in [5, 5.41) is -5.40. The lowest BCUT2D eigenvalue weighted by Gasteiger charge is -2.21. The average Bonchev–Trinajstić information content (AvgIpc) is 4.05. The molecule has 0 radical (unpaired) electrons. The molecule has 0 spiro atoms. The quantitative estimate of drug-likeness (QED) is 0.0862. The number of rotatable bonds is 8. The summed E-state index contributed by atoms with van der Waals surface area (Å²) in [7, 11) is -3.17. The molecule has 0 N–H and O–H groups in total. The first-order valence-electron chi connectivity index (χ1n) is 21.6. The van der Waals surface area contributed by atoms with Crippen molar-refractivity contribution in [1.29, 1.82) is 0 Å². The standard InChI is InChI=1S/C52H13BF22O3/c54-21-4-1-14(11-24(21)57)76-53(77-51-19-9-12-7-17(33(58)37(62)25(12)29(19)41(66)47(72)49(51)74)27-15-2-5-22(55)35(60)31(15)43(68)45(70)39(27)64)78-52-20-10-13-8-18(34(59)38(63)26(13)30(20)42(67)48(73)50(52)75)28-16-3-6-23(56)36(61)32(16)44(69)46(71)40(28)65/h1-8,11H,9-10H2. The van der Waals surface area contributed by atoms with Crippen molar-refractivity contribution in [1.82, 2.24) is 0 Å². The van der Waals surface area contributed by atoms with E-state index in [1.54, 1.807) is 0 Å². The molecule has 9 aromatic carbocycles. The van der Waals surface area contributed by atoms with Crippen molar-refractivity contribution in [3.05, 3.63) is 205 Å². The molecule has 0 heterocycles. The number of fused-ring (bicyclic) bond motifs is 8. The van der Waals surface area contributed by atoms with E-state index in [0.717, 1.165) is 0 Å². The molecular weight excluding hydrogens is 1100 g/mol. The van der Waals surface area contributed by atoms with Gasteiger partial charge in [-0.2, -0.15) is 8.78 Å². The Bertz CT molecular complexity index is 4000. The van der Waals surface area contributed by atoms with Crippen molar-refractivity contribution in [2.24, 2.45) is 0 Å². The van der Waals surface area contributed by atoms with Gasteiger partial charge < -0.3 is 14.0 Å². The minimum absolute atomic E-state index is 0.181. The van der Waals surface area contributed by atoms with Crippen LogP contribution in [0.5, 0.6) is 17.2 Å². The minimum atomic E-state index is -3.17. The molecule has 0 aromatic heterocycles. The van der Waals surface area contributed by atoms with E-state index in [9.17, 15) is 43.9 Å². The van der Waals surface area contributed by atoms with Gasteiger partial charge in [0.25, 0.3) is 0 Å². The fourth-order valence-corrected chi connectivity index (χ4v) is 9.66. The van der Waals surface area contributed by atoms with Crippen LogP contribution in [0, 0.1) is 128 Å². The van der Waals surface area contributed by atoms with Gasteiger partial charge in [-0.05, 0) is 58.3 Å². The van der Waals surface area contributed by atoms with Crippen molar-refractivity contribution >= 4 is 28.9 Å². The largest absolute Gasteiger partial charge is 0.864 e. The summed E-state index contributed by atoms with van der Waals surface area (Å²) in [5.74, 6) is -53.8. The van der Waals surface area contributed by atoms with Gasteiger partial charge in [-0.3, -0.25) is 0 Å². The van der Waals surface area contributed by atoms with Gasteiger partial charge in [0.2, 0.25) is 11.6 Å². The average molecular weight is 1110 g/mol.